The van der Waals surface area contributed by atoms with Crippen LogP contribution in [-0.4, -0.2) is 66.4 Å². The first-order chi connectivity index (χ1) is 13.0. The maximum Gasteiger partial charge on any atom is 0.240 e. The number of carbonyl (C=O) groups excluding carboxylic acids is 2. The quantitative estimate of drug-likeness (QED) is 0.820. The molecule has 3 rings (SSSR count). The summed E-state index contributed by atoms with van der Waals surface area (Å²) in [4.78, 5) is 35.2. The Morgan fingerprint density at radius 1 is 1.15 bits per heavy atom. The number of aromatic nitrogens is 1. The molecule has 1 aromatic heterocycles. The van der Waals surface area contributed by atoms with E-state index in [1.54, 1.807) is 4.90 Å². The van der Waals surface area contributed by atoms with Crippen molar-refractivity contribution in [1.82, 2.24) is 14.8 Å². The van der Waals surface area contributed by atoms with Crippen molar-refractivity contribution in [3.63, 3.8) is 0 Å². The number of likely N-dealkylation sites (N-methyl/N-ethyl adjacent to an activating group) is 1. The molecule has 0 saturated carbocycles. The molecule has 1 saturated heterocycles. The van der Waals surface area contributed by atoms with Crippen LogP contribution >= 0.6 is 11.3 Å². The van der Waals surface area contributed by atoms with Crippen molar-refractivity contribution < 1.29 is 9.59 Å². The Bertz CT molecular complexity index is 771. The van der Waals surface area contributed by atoms with Crippen LogP contribution in [0.4, 0.5) is 10.8 Å². The second kappa shape index (κ2) is 9.07. The fraction of sp³-hybridized carbons (Fsp3) is 0.421. The summed E-state index contributed by atoms with van der Waals surface area (Å²) in [6.07, 6.45) is 1.82. The Hall–Kier alpha value is -2.29. The summed E-state index contributed by atoms with van der Waals surface area (Å²) in [5.74, 6) is 0.00621. The highest BCUT2D eigenvalue weighted by Gasteiger charge is 2.21. The normalized spacial score (nSPS) is 15.5. The smallest absolute Gasteiger partial charge is 0.240 e. The van der Waals surface area contributed by atoms with Crippen LogP contribution < -0.4 is 10.2 Å². The molecule has 0 unspecified atom stereocenters. The summed E-state index contributed by atoms with van der Waals surface area (Å²) in [5.41, 5.74) is 0.918. The molecule has 0 bridgehead atoms. The molecule has 1 aromatic carbocycles. The number of hydrogen-bond acceptors (Lipinski definition) is 6. The predicted octanol–water partition coefficient (Wildman–Crippen LogP) is 1.88. The Kier molecular flexibility index (Phi) is 6.54. The molecule has 1 fully saturated rings. The number of nitrogens with one attached hydrogen (secondary N) is 1. The molecule has 2 aromatic rings. The number of rotatable bonds is 6. The van der Waals surface area contributed by atoms with Crippen LogP contribution in [0.2, 0.25) is 0 Å². The van der Waals surface area contributed by atoms with E-state index in [2.05, 4.69) is 20.1 Å². The van der Waals surface area contributed by atoms with Gasteiger partial charge in [0.05, 0.1) is 6.54 Å². The molecule has 8 heteroatoms. The van der Waals surface area contributed by atoms with E-state index in [1.807, 2.05) is 43.6 Å². The highest BCUT2D eigenvalue weighted by atomic mass is 32.1. The average molecular weight is 388 g/mol. The summed E-state index contributed by atoms with van der Waals surface area (Å²) < 4.78 is 0. The lowest BCUT2D eigenvalue weighted by molar-refractivity contribution is -0.120. The van der Waals surface area contributed by atoms with Crippen LogP contribution in [0.15, 0.2) is 36.5 Å². The summed E-state index contributed by atoms with van der Waals surface area (Å²) in [7, 11) is 1.82. The van der Waals surface area contributed by atoms with Crippen LogP contribution in [0.5, 0.6) is 0 Å². The number of nitrogens with zero attached hydrogens (tertiary/aromatic N) is 4. The van der Waals surface area contributed by atoms with E-state index in [1.165, 1.54) is 18.3 Å². The van der Waals surface area contributed by atoms with Crippen LogP contribution in [0.25, 0.3) is 0 Å². The predicted molar refractivity (Wildman–Crippen MR) is 108 cm³/mol. The number of thiazole rings is 1. The SMILES string of the molecule is CC(=O)Nc1ncc(CN2CCN(CC(=O)N(C)c3ccccc3)CC2)s1. The molecule has 7 nitrogen and oxygen atoms in total. The molecule has 27 heavy (non-hydrogen) atoms. The van der Waals surface area contributed by atoms with Gasteiger partial charge < -0.3 is 10.2 Å². The van der Waals surface area contributed by atoms with E-state index in [4.69, 9.17) is 0 Å². The van der Waals surface area contributed by atoms with Crippen LogP contribution in [0.3, 0.4) is 0 Å². The number of carbonyl (C=O) groups is 2. The third-order valence-corrected chi connectivity index (χ3v) is 5.45. The lowest BCUT2D eigenvalue weighted by atomic mass is 10.2. The molecule has 1 aliphatic rings. The summed E-state index contributed by atoms with van der Waals surface area (Å²) >= 11 is 1.51. The molecule has 1 aliphatic heterocycles. The van der Waals surface area contributed by atoms with Crippen molar-refractivity contribution in [2.24, 2.45) is 0 Å². The van der Waals surface area contributed by atoms with Crippen molar-refractivity contribution in [2.45, 2.75) is 13.5 Å². The Labute approximate surface area is 163 Å². The lowest BCUT2D eigenvalue weighted by Crippen LogP contribution is -2.49. The first-order valence-electron chi connectivity index (χ1n) is 9.00. The molecule has 0 radical (unpaired) electrons. The molecular formula is C19H25N5O2S. The molecule has 1 N–H and O–H groups in total. The van der Waals surface area contributed by atoms with Gasteiger partial charge in [0.15, 0.2) is 5.13 Å². The molecule has 0 spiro atoms. The van der Waals surface area contributed by atoms with Crippen LogP contribution in [0, 0.1) is 0 Å². The average Bonchev–Trinajstić information content (AvgIpc) is 3.09. The van der Waals surface area contributed by atoms with Gasteiger partial charge in [-0.1, -0.05) is 18.2 Å². The highest BCUT2D eigenvalue weighted by molar-refractivity contribution is 7.15. The van der Waals surface area contributed by atoms with E-state index in [0.29, 0.717) is 11.7 Å². The molecule has 0 atom stereocenters. The number of amides is 2. The van der Waals surface area contributed by atoms with Gasteiger partial charge in [-0.15, -0.1) is 11.3 Å². The first kappa shape index (κ1) is 19.5. The second-order valence-electron chi connectivity index (χ2n) is 6.65. The summed E-state index contributed by atoms with van der Waals surface area (Å²) in [6.45, 7) is 6.30. The number of hydrogen-bond donors (Lipinski definition) is 1. The van der Waals surface area contributed by atoms with E-state index >= 15 is 0 Å². The third-order valence-electron chi connectivity index (χ3n) is 4.56. The zero-order valence-corrected chi connectivity index (χ0v) is 16.5. The van der Waals surface area contributed by atoms with Crippen LogP contribution in [0.1, 0.15) is 11.8 Å². The molecule has 2 heterocycles. The highest BCUT2D eigenvalue weighted by Crippen LogP contribution is 2.20. The Morgan fingerprint density at radius 3 is 2.48 bits per heavy atom. The van der Waals surface area contributed by atoms with Gasteiger partial charge in [0.2, 0.25) is 11.8 Å². The van der Waals surface area contributed by atoms with Crippen molar-refractivity contribution in [3.8, 4) is 0 Å². The Balaban J connectivity index is 1.44. The second-order valence-corrected chi connectivity index (χ2v) is 7.77. The molecule has 0 aliphatic carbocycles. The number of piperazine rings is 1. The van der Waals surface area contributed by atoms with Gasteiger partial charge in [-0.3, -0.25) is 19.4 Å². The third kappa shape index (κ3) is 5.59. The van der Waals surface area contributed by atoms with Crippen molar-refractivity contribution >= 4 is 34.0 Å². The number of benzene rings is 1. The van der Waals surface area contributed by atoms with Gasteiger partial charge in [-0.25, -0.2) is 4.98 Å². The zero-order valence-electron chi connectivity index (χ0n) is 15.7. The van der Waals surface area contributed by atoms with Crippen LogP contribution in [-0.2, 0) is 16.1 Å². The summed E-state index contributed by atoms with van der Waals surface area (Å²) in [5, 5.41) is 3.36. The Morgan fingerprint density at radius 2 is 1.81 bits per heavy atom. The number of para-hydroxylation sites is 1. The monoisotopic (exact) mass is 387 g/mol. The topological polar surface area (TPSA) is 68.8 Å². The number of anilines is 2. The van der Waals surface area contributed by atoms with E-state index in [9.17, 15) is 9.59 Å². The first-order valence-corrected chi connectivity index (χ1v) is 9.81. The van der Waals surface area contributed by atoms with E-state index < -0.39 is 0 Å². The van der Waals surface area contributed by atoms with Crippen molar-refractivity contribution in [1.29, 1.82) is 0 Å². The standard InChI is InChI=1S/C19H25N5O2S/c1-15(25)21-19-20-12-17(27-19)13-23-8-10-24(11-9-23)14-18(26)22(2)16-6-4-3-5-7-16/h3-7,12H,8-11,13-14H2,1-2H3,(H,20,21,25). The van der Waals surface area contributed by atoms with E-state index in [0.717, 1.165) is 43.3 Å². The fourth-order valence-electron chi connectivity index (χ4n) is 3.01. The summed E-state index contributed by atoms with van der Waals surface area (Å²) in [6, 6.07) is 9.72. The maximum absolute atomic E-state index is 12.5. The molecule has 2 amide bonds. The van der Waals surface area contributed by atoms with Gasteiger partial charge in [0.1, 0.15) is 0 Å². The van der Waals surface area contributed by atoms with Crippen molar-refractivity contribution in [2.75, 3.05) is 50.0 Å². The molecule has 144 valence electrons. The van der Waals surface area contributed by atoms with Gasteiger partial charge >= 0.3 is 0 Å². The largest absolute Gasteiger partial charge is 0.314 e. The fourth-order valence-corrected chi connectivity index (χ4v) is 3.91. The van der Waals surface area contributed by atoms with Gasteiger partial charge in [-0.05, 0) is 12.1 Å². The minimum Gasteiger partial charge on any atom is -0.314 e. The lowest BCUT2D eigenvalue weighted by Gasteiger charge is -2.34. The minimum atomic E-state index is -0.102. The minimum absolute atomic E-state index is 0.102. The van der Waals surface area contributed by atoms with Gasteiger partial charge in [-0.2, -0.15) is 0 Å². The maximum atomic E-state index is 12.5. The van der Waals surface area contributed by atoms with Gasteiger partial charge in [0, 0.05) is 63.5 Å². The molecular weight excluding hydrogens is 362 g/mol. The zero-order chi connectivity index (χ0) is 19.2. The van der Waals surface area contributed by atoms with E-state index in [-0.39, 0.29) is 11.8 Å². The van der Waals surface area contributed by atoms with Gasteiger partial charge in [0.25, 0.3) is 0 Å². The van der Waals surface area contributed by atoms with Crippen molar-refractivity contribution in [3.05, 3.63) is 41.4 Å².